The van der Waals surface area contributed by atoms with Crippen LogP contribution in [-0.2, 0) is 32.7 Å². The molecule has 1 saturated heterocycles. The minimum atomic E-state index is 0. The van der Waals surface area contributed by atoms with E-state index in [0.717, 1.165) is 17.6 Å². The SMILES string of the molecule is CN1CC(NO)C1.[NH-]c1ccc(Br)cc1.[Y]. The molecule has 0 atom stereocenters. The Morgan fingerprint density at radius 2 is 1.88 bits per heavy atom. The second-order valence-electron chi connectivity index (χ2n) is 3.55. The van der Waals surface area contributed by atoms with E-state index < -0.39 is 0 Å². The molecule has 0 bridgehead atoms. The van der Waals surface area contributed by atoms with Crippen molar-refractivity contribution in [2.45, 2.75) is 6.04 Å². The summed E-state index contributed by atoms with van der Waals surface area (Å²) in [5.74, 6) is 0. The van der Waals surface area contributed by atoms with Crippen molar-refractivity contribution in [1.82, 2.24) is 10.4 Å². The van der Waals surface area contributed by atoms with Gasteiger partial charge in [-0.2, -0.15) is 5.48 Å². The fraction of sp³-hybridized carbons (Fsp3) is 0.400. The molecule has 1 aliphatic rings. The second kappa shape index (κ2) is 8.56. The number of hydrogen-bond acceptors (Lipinski definition) is 3. The molecular formula is C10H15BrN3OY-. The van der Waals surface area contributed by atoms with Crippen LogP contribution in [0, 0.1) is 0 Å². The van der Waals surface area contributed by atoms with Crippen LogP contribution in [-0.4, -0.2) is 36.3 Å². The van der Waals surface area contributed by atoms with Gasteiger partial charge >= 0.3 is 0 Å². The van der Waals surface area contributed by atoms with E-state index in [1.165, 1.54) is 0 Å². The molecule has 3 N–H and O–H groups in total. The smallest absolute Gasteiger partial charge is 0.0573 e. The van der Waals surface area contributed by atoms with Gasteiger partial charge in [-0.15, -0.1) is 5.69 Å². The number of hydroxylamine groups is 1. The summed E-state index contributed by atoms with van der Waals surface area (Å²) in [6, 6.07) is 7.50. The quantitative estimate of drug-likeness (QED) is 0.755. The van der Waals surface area contributed by atoms with Gasteiger partial charge in [0.1, 0.15) is 0 Å². The molecule has 1 aromatic carbocycles. The number of halogens is 1. The molecule has 4 nitrogen and oxygen atoms in total. The average molecular weight is 362 g/mol. The minimum absolute atomic E-state index is 0. The summed E-state index contributed by atoms with van der Waals surface area (Å²) in [5.41, 5.74) is 9.81. The number of likely N-dealkylation sites (N-methyl/N-ethyl adjacent to an activating group) is 1. The van der Waals surface area contributed by atoms with Crippen LogP contribution in [0.5, 0.6) is 0 Å². The molecule has 16 heavy (non-hydrogen) atoms. The molecule has 0 aliphatic carbocycles. The molecule has 1 aliphatic heterocycles. The Balaban J connectivity index is 0.000000267. The molecular weight excluding hydrogens is 347 g/mol. The molecule has 0 aromatic heterocycles. The topological polar surface area (TPSA) is 59.3 Å². The Kier molecular flexibility index (Phi) is 8.82. The van der Waals surface area contributed by atoms with Gasteiger partial charge in [0.05, 0.1) is 6.04 Å². The van der Waals surface area contributed by atoms with Crippen LogP contribution >= 0.6 is 15.9 Å². The first-order valence-corrected chi connectivity index (χ1v) is 5.46. The van der Waals surface area contributed by atoms with Crippen molar-refractivity contribution < 1.29 is 37.9 Å². The van der Waals surface area contributed by atoms with Crippen LogP contribution in [0.1, 0.15) is 0 Å². The Morgan fingerprint density at radius 1 is 1.38 bits per heavy atom. The summed E-state index contributed by atoms with van der Waals surface area (Å²) in [6.45, 7) is 1.94. The maximum atomic E-state index is 8.23. The average Bonchev–Trinajstić information content (AvgIpc) is 2.19. The van der Waals surface area contributed by atoms with Gasteiger partial charge in [-0.1, -0.05) is 28.1 Å². The molecule has 0 spiro atoms. The molecule has 2 rings (SSSR count). The third-order valence-electron chi connectivity index (χ3n) is 2.09. The fourth-order valence-electron chi connectivity index (χ4n) is 1.23. The van der Waals surface area contributed by atoms with Crippen molar-refractivity contribution in [3.05, 3.63) is 34.5 Å². The Morgan fingerprint density at radius 3 is 2.12 bits per heavy atom. The number of hydrogen-bond donors (Lipinski definition) is 2. The van der Waals surface area contributed by atoms with Crippen LogP contribution in [0.3, 0.4) is 0 Å². The number of nitrogens with one attached hydrogen (secondary N) is 2. The Labute approximate surface area is 130 Å². The van der Waals surface area contributed by atoms with E-state index in [-0.39, 0.29) is 32.7 Å². The van der Waals surface area contributed by atoms with E-state index in [1.807, 2.05) is 19.2 Å². The van der Waals surface area contributed by atoms with Crippen molar-refractivity contribution in [3.8, 4) is 0 Å². The van der Waals surface area contributed by atoms with Gasteiger partial charge in [0, 0.05) is 50.3 Å². The van der Waals surface area contributed by atoms with E-state index in [2.05, 4.69) is 26.3 Å². The number of nitrogens with zero attached hydrogens (tertiary/aromatic N) is 1. The zero-order valence-corrected chi connectivity index (χ0v) is 13.6. The van der Waals surface area contributed by atoms with E-state index in [9.17, 15) is 0 Å². The predicted molar refractivity (Wildman–Crippen MR) is 64.3 cm³/mol. The normalized spacial score (nSPS) is 15.4. The van der Waals surface area contributed by atoms with E-state index >= 15 is 0 Å². The van der Waals surface area contributed by atoms with Crippen molar-refractivity contribution >= 4 is 21.6 Å². The van der Waals surface area contributed by atoms with Crippen molar-refractivity contribution in [1.29, 1.82) is 0 Å². The summed E-state index contributed by atoms with van der Waals surface area (Å²) in [5, 5.41) is 8.23. The molecule has 1 aromatic rings. The fourth-order valence-corrected chi connectivity index (χ4v) is 1.49. The van der Waals surface area contributed by atoms with Crippen LogP contribution in [0.4, 0.5) is 5.69 Å². The first-order chi connectivity index (χ1) is 7.11. The summed E-state index contributed by atoms with van der Waals surface area (Å²) in [7, 11) is 2.02. The Hall–Kier alpha value is 0.484. The number of benzene rings is 1. The largest absolute Gasteiger partial charge is 0.699 e. The van der Waals surface area contributed by atoms with Crippen molar-refractivity contribution in [3.63, 3.8) is 0 Å². The zero-order valence-electron chi connectivity index (χ0n) is 9.15. The first kappa shape index (κ1) is 16.5. The van der Waals surface area contributed by atoms with Crippen LogP contribution in [0.25, 0.3) is 5.73 Å². The molecule has 1 heterocycles. The van der Waals surface area contributed by atoms with Gasteiger partial charge in [-0.3, -0.25) is 0 Å². The molecule has 1 fully saturated rings. The van der Waals surface area contributed by atoms with Crippen molar-refractivity contribution in [2.24, 2.45) is 0 Å². The zero-order chi connectivity index (χ0) is 11.3. The van der Waals surface area contributed by atoms with Crippen LogP contribution < -0.4 is 5.48 Å². The van der Waals surface area contributed by atoms with Gasteiger partial charge < -0.3 is 15.8 Å². The molecule has 87 valence electrons. The second-order valence-corrected chi connectivity index (χ2v) is 4.47. The van der Waals surface area contributed by atoms with E-state index in [1.54, 1.807) is 12.1 Å². The summed E-state index contributed by atoms with van der Waals surface area (Å²) < 4.78 is 1.02. The van der Waals surface area contributed by atoms with E-state index in [0.29, 0.717) is 11.7 Å². The van der Waals surface area contributed by atoms with Gasteiger partial charge in [0.25, 0.3) is 0 Å². The Bertz CT molecular complexity index is 270. The monoisotopic (exact) mass is 361 g/mol. The minimum Gasteiger partial charge on any atom is -0.699 e. The molecule has 0 amide bonds. The summed E-state index contributed by atoms with van der Waals surface area (Å²) in [6.07, 6.45) is 0. The van der Waals surface area contributed by atoms with Gasteiger partial charge in [-0.25, -0.2) is 0 Å². The summed E-state index contributed by atoms with van der Waals surface area (Å²) >= 11 is 3.26. The summed E-state index contributed by atoms with van der Waals surface area (Å²) in [4.78, 5) is 2.13. The van der Waals surface area contributed by atoms with Gasteiger partial charge in [0.2, 0.25) is 0 Å². The third kappa shape index (κ3) is 6.28. The maximum absolute atomic E-state index is 8.23. The first-order valence-electron chi connectivity index (χ1n) is 4.67. The maximum Gasteiger partial charge on any atom is 0.0573 e. The van der Waals surface area contributed by atoms with E-state index in [4.69, 9.17) is 10.9 Å². The van der Waals surface area contributed by atoms with Gasteiger partial charge in [0.15, 0.2) is 0 Å². The molecule has 6 heteroatoms. The third-order valence-corrected chi connectivity index (χ3v) is 2.62. The van der Waals surface area contributed by atoms with Crippen LogP contribution in [0.2, 0.25) is 0 Å². The standard InChI is InChI=1S/C6H5BrN.C4H10N2O.Y/c7-5-1-3-6(8)4-2-5;1-6-2-4(3-6)5-7;/h1-4,8H;4-5,7H,2-3H2,1H3;/q-1;;. The molecule has 1 radical (unpaired) electrons. The number of rotatable bonds is 1. The predicted octanol–water partition coefficient (Wildman–Crippen LogP) is 2.41. The number of likely N-dealkylation sites (tertiary alicyclic amines) is 1. The van der Waals surface area contributed by atoms with Crippen LogP contribution in [0.15, 0.2) is 28.7 Å². The van der Waals surface area contributed by atoms with Crippen molar-refractivity contribution in [2.75, 3.05) is 20.1 Å². The molecule has 0 unspecified atom stereocenters. The molecule has 0 saturated carbocycles. The van der Waals surface area contributed by atoms with Gasteiger partial charge in [-0.05, 0) is 19.2 Å².